The van der Waals surface area contributed by atoms with Crippen molar-refractivity contribution in [3.63, 3.8) is 0 Å². The minimum atomic E-state index is -0.0197. The second-order valence-corrected chi connectivity index (χ2v) is 6.33. The number of rotatable bonds is 4. The lowest BCUT2D eigenvalue weighted by Crippen LogP contribution is -2.31. The Morgan fingerprint density at radius 2 is 2.00 bits per heavy atom. The summed E-state index contributed by atoms with van der Waals surface area (Å²) in [6, 6.07) is 9.43. The number of hydrogen-bond acceptors (Lipinski definition) is 1. The first-order chi connectivity index (χ1) is 9.93. The first-order valence-electron chi connectivity index (χ1n) is 6.82. The fourth-order valence-corrected chi connectivity index (χ4v) is 2.83. The van der Waals surface area contributed by atoms with Gasteiger partial charge in [-0.1, -0.05) is 23.7 Å². The van der Waals surface area contributed by atoms with Gasteiger partial charge in [-0.15, -0.1) is 0 Å². The van der Waals surface area contributed by atoms with Crippen molar-refractivity contribution in [3.8, 4) is 0 Å². The lowest BCUT2D eigenvalue weighted by atomic mass is 10.1. The van der Waals surface area contributed by atoms with E-state index in [1.54, 1.807) is 4.90 Å². The molecule has 0 radical (unpaired) electrons. The van der Waals surface area contributed by atoms with Crippen molar-refractivity contribution in [3.05, 3.63) is 57.3 Å². The number of carbonyl (C=O) groups excluding carboxylic acids is 1. The zero-order valence-electron chi connectivity index (χ0n) is 12.3. The van der Waals surface area contributed by atoms with Gasteiger partial charge in [0.05, 0.1) is 6.04 Å². The average molecular weight is 370 g/mol. The lowest BCUT2D eigenvalue weighted by Gasteiger charge is -2.25. The van der Waals surface area contributed by atoms with Crippen molar-refractivity contribution in [2.24, 2.45) is 0 Å². The second-order valence-electron chi connectivity index (χ2n) is 4.97. The molecule has 3 nitrogen and oxygen atoms in total. The first kappa shape index (κ1) is 16.1. The van der Waals surface area contributed by atoms with Gasteiger partial charge in [-0.2, -0.15) is 0 Å². The van der Waals surface area contributed by atoms with Gasteiger partial charge < -0.3 is 9.47 Å². The Morgan fingerprint density at radius 1 is 1.38 bits per heavy atom. The van der Waals surface area contributed by atoms with Gasteiger partial charge >= 0.3 is 0 Å². The molecule has 1 unspecified atom stereocenters. The molecule has 1 atom stereocenters. The number of nitrogens with zero attached hydrogens (tertiary/aromatic N) is 2. The van der Waals surface area contributed by atoms with Crippen LogP contribution < -0.4 is 0 Å². The topological polar surface area (TPSA) is 25.2 Å². The molecule has 0 saturated heterocycles. The predicted molar refractivity (Wildman–Crippen MR) is 89.8 cm³/mol. The Hall–Kier alpha value is -1.26. The highest BCUT2D eigenvalue weighted by atomic mass is 79.9. The number of hydrogen-bond donors (Lipinski definition) is 0. The lowest BCUT2D eigenvalue weighted by molar-refractivity contribution is 0.0732. The van der Waals surface area contributed by atoms with Crippen LogP contribution in [0.2, 0.25) is 5.02 Å². The van der Waals surface area contributed by atoms with E-state index in [4.69, 9.17) is 11.6 Å². The molecule has 21 heavy (non-hydrogen) atoms. The maximum atomic E-state index is 12.7. The van der Waals surface area contributed by atoms with Crippen LogP contribution in [0.25, 0.3) is 0 Å². The predicted octanol–water partition coefficient (Wildman–Crippen LogP) is 4.76. The third-order valence-corrected chi connectivity index (χ3v) is 4.36. The summed E-state index contributed by atoms with van der Waals surface area (Å²) in [4.78, 5) is 14.4. The molecule has 1 amide bonds. The Morgan fingerprint density at radius 3 is 2.57 bits per heavy atom. The monoisotopic (exact) mass is 368 g/mol. The van der Waals surface area contributed by atoms with E-state index in [0.717, 1.165) is 16.6 Å². The number of aryl methyl sites for hydroxylation is 1. The zero-order valence-corrected chi connectivity index (χ0v) is 14.6. The molecule has 0 saturated carbocycles. The molecule has 0 aliphatic heterocycles. The van der Waals surface area contributed by atoms with E-state index >= 15 is 0 Å². The van der Waals surface area contributed by atoms with Crippen LogP contribution in [0.4, 0.5) is 0 Å². The Kier molecular flexibility index (Phi) is 5.12. The molecule has 112 valence electrons. The van der Waals surface area contributed by atoms with Crippen molar-refractivity contribution in [1.82, 2.24) is 9.47 Å². The van der Waals surface area contributed by atoms with Gasteiger partial charge in [0, 0.05) is 29.3 Å². The summed E-state index contributed by atoms with van der Waals surface area (Å²) in [7, 11) is 1.82. The van der Waals surface area contributed by atoms with E-state index in [1.165, 1.54) is 0 Å². The number of benzene rings is 1. The summed E-state index contributed by atoms with van der Waals surface area (Å²) in [6.45, 7) is 4.79. The maximum absolute atomic E-state index is 12.7. The first-order valence-corrected chi connectivity index (χ1v) is 7.99. The van der Waals surface area contributed by atoms with Gasteiger partial charge in [-0.25, -0.2) is 0 Å². The number of carbonyl (C=O) groups is 1. The highest BCUT2D eigenvalue weighted by Crippen LogP contribution is 2.24. The molecule has 0 bridgehead atoms. The van der Waals surface area contributed by atoms with Gasteiger partial charge in [-0.3, -0.25) is 4.79 Å². The van der Waals surface area contributed by atoms with Crippen molar-refractivity contribution < 1.29 is 4.79 Å². The summed E-state index contributed by atoms with van der Waals surface area (Å²) in [5.41, 5.74) is 1.75. The number of aromatic nitrogens is 1. The molecule has 0 aliphatic carbocycles. The molecule has 0 spiro atoms. The van der Waals surface area contributed by atoms with Crippen molar-refractivity contribution in [2.45, 2.75) is 26.4 Å². The van der Waals surface area contributed by atoms with Gasteiger partial charge in [0.25, 0.3) is 5.91 Å². The third kappa shape index (κ3) is 3.50. The zero-order chi connectivity index (χ0) is 15.6. The molecule has 0 aliphatic rings. The van der Waals surface area contributed by atoms with E-state index in [1.807, 2.05) is 62.0 Å². The highest BCUT2D eigenvalue weighted by molar-refractivity contribution is 9.10. The molecule has 1 aromatic carbocycles. The summed E-state index contributed by atoms with van der Waals surface area (Å²) >= 11 is 9.33. The summed E-state index contributed by atoms with van der Waals surface area (Å²) in [6.07, 6.45) is 1.92. The Labute approximate surface area is 138 Å². The minimum Gasteiger partial charge on any atom is -0.343 e. The average Bonchev–Trinajstić information content (AvgIpc) is 2.86. The molecular formula is C16H18BrClN2O. The normalized spacial score (nSPS) is 12.2. The van der Waals surface area contributed by atoms with Gasteiger partial charge in [-0.05, 0) is 53.5 Å². The van der Waals surface area contributed by atoms with Gasteiger partial charge in [0.1, 0.15) is 5.69 Å². The van der Waals surface area contributed by atoms with Crippen LogP contribution in [0, 0.1) is 0 Å². The fraction of sp³-hybridized carbons (Fsp3) is 0.312. The van der Waals surface area contributed by atoms with E-state index in [2.05, 4.69) is 15.9 Å². The molecular weight excluding hydrogens is 352 g/mol. The largest absolute Gasteiger partial charge is 0.343 e. The van der Waals surface area contributed by atoms with E-state index in [0.29, 0.717) is 10.7 Å². The maximum Gasteiger partial charge on any atom is 0.270 e. The molecule has 1 heterocycles. The fourth-order valence-electron chi connectivity index (χ4n) is 2.24. The van der Waals surface area contributed by atoms with Crippen LogP contribution in [0.5, 0.6) is 0 Å². The minimum absolute atomic E-state index is 0.00463. The van der Waals surface area contributed by atoms with Crippen molar-refractivity contribution >= 4 is 33.4 Å². The Bertz CT molecular complexity index is 636. The quantitative estimate of drug-likeness (QED) is 0.763. The van der Waals surface area contributed by atoms with Gasteiger partial charge in [0.15, 0.2) is 0 Å². The Balaban J connectivity index is 2.23. The second kappa shape index (κ2) is 6.67. The molecule has 0 N–H and O–H groups in total. The molecule has 2 rings (SSSR count). The third-order valence-electron chi connectivity index (χ3n) is 3.68. The standard InChI is InChI=1S/C16H18BrClN2O/c1-4-20-10-13(17)9-15(20)16(21)19(3)11(2)12-5-7-14(18)8-6-12/h5-11H,4H2,1-3H3. The molecule has 2 aromatic rings. The highest BCUT2D eigenvalue weighted by Gasteiger charge is 2.21. The van der Waals surface area contributed by atoms with Crippen LogP contribution >= 0.6 is 27.5 Å². The number of amides is 1. The molecule has 1 aromatic heterocycles. The van der Waals surface area contributed by atoms with Crippen LogP contribution in [-0.2, 0) is 6.54 Å². The van der Waals surface area contributed by atoms with Crippen LogP contribution in [0.3, 0.4) is 0 Å². The van der Waals surface area contributed by atoms with E-state index in [-0.39, 0.29) is 11.9 Å². The van der Waals surface area contributed by atoms with Gasteiger partial charge in [0.2, 0.25) is 0 Å². The van der Waals surface area contributed by atoms with E-state index in [9.17, 15) is 4.79 Å². The summed E-state index contributed by atoms with van der Waals surface area (Å²) in [5, 5.41) is 0.698. The molecule has 5 heteroatoms. The van der Waals surface area contributed by atoms with Crippen molar-refractivity contribution in [1.29, 1.82) is 0 Å². The summed E-state index contributed by atoms with van der Waals surface area (Å²) in [5.74, 6) is 0.00463. The van der Waals surface area contributed by atoms with Crippen LogP contribution in [0.1, 0.15) is 35.9 Å². The smallest absolute Gasteiger partial charge is 0.270 e. The SMILES string of the molecule is CCn1cc(Br)cc1C(=O)N(C)C(C)c1ccc(Cl)cc1. The van der Waals surface area contributed by atoms with Crippen LogP contribution in [0.15, 0.2) is 41.0 Å². The van der Waals surface area contributed by atoms with Crippen molar-refractivity contribution in [2.75, 3.05) is 7.05 Å². The molecule has 0 fully saturated rings. The van der Waals surface area contributed by atoms with Crippen LogP contribution in [-0.4, -0.2) is 22.4 Å². The number of halogens is 2. The van der Waals surface area contributed by atoms with E-state index < -0.39 is 0 Å². The summed E-state index contributed by atoms with van der Waals surface area (Å²) < 4.78 is 2.86.